The van der Waals surface area contributed by atoms with Crippen LogP contribution in [0.1, 0.15) is 37.0 Å². The molecule has 0 aliphatic rings. The molecular weight excluding hydrogens is 240 g/mol. The molecule has 0 bridgehead atoms. The van der Waals surface area contributed by atoms with Crippen LogP contribution in [0.2, 0.25) is 0 Å². The Bertz CT molecular complexity index is 563. The molecule has 0 aliphatic heterocycles. The molecule has 0 saturated carbocycles. The summed E-state index contributed by atoms with van der Waals surface area (Å²) >= 11 is 0. The van der Waals surface area contributed by atoms with Gasteiger partial charge in [-0.15, -0.1) is 0 Å². The van der Waals surface area contributed by atoms with E-state index in [1.807, 2.05) is 30.5 Å². The minimum absolute atomic E-state index is 0.0928. The number of rotatable bonds is 5. The van der Waals surface area contributed by atoms with Crippen molar-refractivity contribution in [2.75, 3.05) is 6.54 Å². The van der Waals surface area contributed by atoms with E-state index >= 15 is 0 Å². The van der Waals surface area contributed by atoms with E-state index in [4.69, 9.17) is 5.73 Å². The number of pyridine rings is 1. The van der Waals surface area contributed by atoms with Gasteiger partial charge in [-0.1, -0.05) is 13.8 Å². The Balaban J connectivity index is 2.23. The third-order valence-corrected chi connectivity index (χ3v) is 3.77. The van der Waals surface area contributed by atoms with Crippen LogP contribution >= 0.6 is 0 Å². The Labute approximate surface area is 112 Å². The fraction of sp³-hybridized carbons (Fsp3) is 0.429. The van der Waals surface area contributed by atoms with Crippen molar-refractivity contribution < 1.29 is 4.79 Å². The van der Waals surface area contributed by atoms with Crippen LogP contribution in [0, 0.1) is 0 Å². The van der Waals surface area contributed by atoms with E-state index in [-0.39, 0.29) is 11.4 Å². The van der Waals surface area contributed by atoms with Gasteiger partial charge >= 0.3 is 0 Å². The van der Waals surface area contributed by atoms with E-state index in [2.05, 4.69) is 10.3 Å². The van der Waals surface area contributed by atoms with Gasteiger partial charge in [0.2, 0.25) is 0 Å². The first-order valence-electron chi connectivity index (χ1n) is 6.59. The van der Waals surface area contributed by atoms with Gasteiger partial charge in [-0.3, -0.25) is 4.79 Å². The van der Waals surface area contributed by atoms with Gasteiger partial charge in [0, 0.05) is 25.1 Å². The molecule has 3 N–H and O–H groups in total. The molecule has 0 unspecified atom stereocenters. The maximum Gasteiger partial charge on any atom is 0.253 e. The van der Waals surface area contributed by atoms with Crippen molar-refractivity contribution >= 4 is 11.6 Å². The van der Waals surface area contributed by atoms with E-state index in [1.165, 1.54) is 0 Å². The molecule has 5 heteroatoms. The van der Waals surface area contributed by atoms with E-state index < -0.39 is 0 Å². The fourth-order valence-corrected chi connectivity index (χ4v) is 2.13. The first-order valence-corrected chi connectivity index (χ1v) is 6.59. The van der Waals surface area contributed by atoms with Crippen molar-refractivity contribution in [1.82, 2.24) is 14.7 Å². The monoisotopic (exact) mass is 260 g/mol. The summed E-state index contributed by atoms with van der Waals surface area (Å²) < 4.78 is 1.83. The Morgan fingerprint density at radius 3 is 2.79 bits per heavy atom. The van der Waals surface area contributed by atoms with Gasteiger partial charge in [-0.25, -0.2) is 4.98 Å². The van der Waals surface area contributed by atoms with Crippen molar-refractivity contribution in [2.45, 2.75) is 32.2 Å². The topological polar surface area (TPSA) is 72.4 Å². The zero-order valence-corrected chi connectivity index (χ0v) is 11.4. The third-order valence-electron chi connectivity index (χ3n) is 3.77. The average Bonchev–Trinajstić information content (AvgIpc) is 2.92. The highest BCUT2D eigenvalue weighted by Crippen LogP contribution is 2.15. The molecule has 0 saturated heterocycles. The Morgan fingerprint density at radius 2 is 2.16 bits per heavy atom. The number of carbonyl (C=O) groups excluding carboxylic acids is 1. The summed E-state index contributed by atoms with van der Waals surface area (Å²) in [6.45, 7) is 4.52. The second-order valence-electron chi connectivity index (χ2n) is 4.76. The largest absolute Gasteiger partial charge is 0.345 e. The van der Waals surface area contributed by atoms with Gasteiger partial charge in [-0.2, -0.15) is 0 Å². The minimum Gasteiger partial charge on any atom is -0.345 e. The number of aromatic nitrogens is 2. The van der Waals surface area contributed by atoms with Gasteiger partial charge in [0.15, 0.2) is 0 Å². The van der Waals surface area contributed by atoms with Crippen LogP contribution in [0.15, 0.2) is 30.7 Å². The molecule has 1 amide bonds. The van der Waals surface area contributed by atoms with Crippen molar-refractivity contribution in [2.24, 2.45) is 5.73 Å². The van der Waals surface area contributed by atoms with Crippen LogP contribution in [0.4, 0.5) is 0 Å². The van der Waals surface area contributed by atoms with Crippen LogP contribution in [-0.2, 0) is 0 Å². The van der Waals surface area contributed by atoms with Crippen LogP contribution in [-0.4, -0.2) is 27.4 Å². The van der Waals surface area contributed by atoms with E-state index in [1.54, 1.807) is 18.5 Å². The van der Waals surface area contributed by atoms with Crippen LogP contribution in [0.3, 0.4) is 0 Å². The Morgan fingerprint density at radius 1 is 1.42 bits per heavy atom. The number of hydrogen-bond donors (Lipinski definition) is 2. The molecule has 19 heavy (non-hydrogen) atoms. The minimum atomic E-state index is -0.318. The van der Waals surface area contributed by atoms with Crippen LogP contribution < -0.4 is 11.1 Å². The molecule has 102 valence electrons. The lowest BCUT2D eigenvalue weighted by Crippen LogP contribution is -2.52. The number of nitrogens with two attached hydrogens (primary N) is 1. The summed E-state index contributed by atoms with van der Waals surface area (Å²) in [5.74, 6) is -0.0928. The first-order chi connectivity index (χ1) is 9.14. The molecular formula is C14H20N4O. The van der Waals surface area contributed by atoms with E-state index in [0.717, 1.165) is 18.5 Å². The summed E-state index contributed by atoms with van der Waals surface area (Å²) in [5, 5.41) is 3.06. The number of amides is 1. The third kappa shape index (κ3) is 2.61. The number of nitrogens with one attached hydrogen (secondary N) is 1. The highest BCUT2D eigenvalue weighted by atomic mass is 16.1. The molecule has 0 atom stereocenters. The number of hydrogen-bond acceptors (Lipinski definition) is 3. The summed E-state index contributed by atoms with van der Waals surface area (Å²) in [6.07, 6.45) is 6.95. The van der Waals surface area contributed by atoms with Crippen LogP contribution in [0.5, 0.6) is 0 Å². The quantitative estimate of drug-likeness (QED) is 0.857. The second-order valence-corrected chi connectivity index (χ2v) is 4.76. The normalized spacial score (nSPS) is 11.7. The standard InChI is InChI=1S/C14H20N4O/c1-3-14(4-2,10-15)17-13(19)11-5-6-12-16-7-8-18(12)9-11/h5-9H,3-4,10,15H2,1-2H3,(H,17,19). The Hall–Kier alpha value is -1.88. The number of imidazole rings is 1. The second kappa shape index (κ2) is 5.40. The van der Waals surface area contributed by atoms with Gasteiger partial charge in [0.1, 0.15) is 5.65 Å². The maximum absolute atomic E-state index is 12.3. The fourth-order valence-electron chi connectivity index (χ4n) is 2.13. The lowest BCUT2D eigenvalue weighted by atomic mass is 9.92. The highest BCUT2D eigenvalue weighted by molar-refractivity contribution is 5.94. The lowest BCUT2D eigenvalue weighted by Gasteiger charge is -2.31. The molecule has 0 aromatic carbocycles. The molecule has 2 rings (SSSR count). The molecule has 5 nitrogen and oxygen atoms in total. The van der Waals surface area contributed by atoms with Gasteiger partial charge in [0.05, 0.1) is 11.1 Å². The van der Waals surface area contributed by atoms with Crippen LogP contribution in [0.25, 0.3) is 5.65 Å². The van der Waals surface area contributed by atoms with Crippen molar-refractivity contribution in [3.05, 3.63) is 36.3 Å². The lowest BCUT2D eigenvalue weighted by molar-refractivity contribution is 0.0895. The van der Waals surface area contributed by atoms with Crippen molar-refractivity contribution in [3.8, 4) is 0 Å². The number of fused-ring (bicyclic) bond motifs is 1. The predicted molar refractivity (Wildman–Crippen MR) is 75.0 cm³/mol. The number of nitrogens with zero attached hydrogens (tertiary/aromatic N) is 2. The zero-order valence-electron chi connectivity index (χ0n) is 11.4. The molecule has 0 fully saturated rings. The summed E-state index contributed by atoms with van der Waals surface area (Å²) in [6, 6.07) is 3.61. The first kappa shape index (κ1) is 13.5. The zero-order chi connectivity index (χ0) is 13.9. The van der Waals surface area contributed by atoms with Crippen molar-refractivity contribution in [3.63, 3.8) is 0 Å². The van der Waals surface area contributed by atoms with Gasteiger partial charge < -0.3 is 15.5 Å². The van der Waals surface area contributed by atoms with Gasteiger partial charge in [0.25, 0.3) is 5.91 Å². The summed E-state index contributed by atoms with van der Waals surface area (Å²) in [5.41, 5.74) is 6.92. The van der Waals surface area contributed by atoms with E-state index in [9.17, 15) is 4.79 Å². The molecule has 0 spiro atoms. The molecule has 0 radical (unpaired) electrons. The average molecular weight is 260 g/mol. The predicted octanol–water partition coefficient (Wildman–Crippen LogP) is 1.58. The number of carbonyl (C=O) groups is 1. The summed E-state index contributed by atoms with van der Waals surface area (Å²) in [4.78, 5) is 16.5. The molecule has 2 aromatic heterocycles. The highest BCUT2D eigenvalue weighted by Gasteiger charge is 2.26. The van der Waals surface area contributed by atoms with Gasteiger partial charge in [-0.05, 0) is 25.0 Å². The SMILES string of the molecule is CCC(CC)(CN)NC(=O)c1ccc2nccn2c1. The molecule has 2 heterocycles. The molecule has 0 aliphatic carbocycles. The summed E-state index contributed by atoms with van der Waals surface area (Å²) in [7, 11) is 0. The van der Waals surface area contributed by atoms with E-state index in [0.29, 0.717) is 12.1 Å². The smallest absolute Gasteiger partial charge is 0.253 e. The van der Waals surface area contributed by atoms with Crippen molar-refractivity contribution in [1.29, 1.82) is 0 Å². The Kier molecular flexibility index (Phi) is 3.85. The maximum atomic E-state index is 12.3. The molecule has 2 aromatic rings.